The summed E-state index contributed by atoms with van der Waals surface area (Å²) in [6.07, 6.45) is 14.1. The van der Waals surface area contributed by atoms with Crippen molar-refractivity contribution in [2.24, 2.45) is 28.6 Å². The van der Waals surface area contributed by atoms with Gasteiger partial charge in [0.2, 0.25) is 0 Å². The van der Waals surface area contributed by atoms with Crippen LogP contribution in [0, 0.1) is 28.6 Å². The van der Waals surface area contributed by atoms with E-state index < -0.39 is 93.3 Å². The topological polar surface area (TPSA) is 246 Å². The van der Waals surface area contributed by atoms with Gasteiger partial charge >= 0.3 is 30.1 Å². The number of esters is 3. The molecule has 1 aromatic heterocycles. The fourth-order valence-corrected chi connectivity index (χ4v) is 22.0. The van der Waals surface area contributed by atoms with Gasteiger partial charge in [-0.1, -0.05) is 116 Å². The summed E-state index contributed by atoms with van der Waals surface area (Å²) >= 11 is 0. The van der Waals surface area contributed by atoms with E-state index in [9.17, 15) is 29.4 Å². The molecule has 2 spiro atoms. The van der Waals surface area contributed by atoms with Crippen LogP contribution in [0.2, 0.25) is 0 Å². The molecule has 3 aromatic carbocycles. The second kappa shape index (κ2) is 28.9. The lowest BCUT2D eigenvalue weighted by molar-refractivity contribution is -0.228. The van der Waals surface area contributed by atoms with Crippen LogP contribution in [-0.2, 0) is 60.7 Å². The van der Waals surface area contributed by atoms with Gasteiger partial charge in [0.25, 0.3) is 0 Å². The Bertz CT molecular complexity index is 4040. The van der Waals surface area contributed by atoms with Crippen molar-refractivity contribution in [3.8, 4) is 11.5 Å². The number of H-pyrrole nitrogens is 1. The van der Waals surface area contributed by atoms with Gasteiger partial charge in [-0.05, 0) is 124 Å². The summed E-state index contributed by atoms with van der Waals surface area (Å²) in [5.41, 5.74) is 1.18. The number of amides is 2. The van der Waals surface area contributed by atoms with Crippen LogP contribution in [0.5, 0.6) is 11.5 Å². The summed E-state index contributed by atoms with van der Waals surface area (Å²) in [5, 5.41) is 33.5. The van der Waals surface area contributed by atoms with Crippen LogP contribution in [0.1, 0.15) is 153 Å². The average molecular weight is 1440 g/mol. The molecule has 10 aliphatic rings. The van der Waals surface area contributed by atoms with E-state index in [-0.39, 0.29) is 39.4 Å². The Labute approximate surface area is 619 Å². The van der Waals surface area contributed by atoms with E-state index in [0.717, 1.165) is 122 Å². The lowest BCUT2D eigenvalue weighted by atomic mass is 9.47. The Morgan fingerprint density at radius 3 is 1.75 bits per heavy atom. The van der Waals surface area contributed by atoms with E-state index >= 15 is 4.79 Å². The molecular weight excluding hydrogens is 1320 g/mol. The van der Waals surface area contributed by atoms with Crippen molar-refractivity contribution in [2.75, 3.05) is 117 Å². The van der Waals surface area contributed by atoms with Crippen LogP contribution in [0.15, 0.2) is 90.6 Å². The van der Waals surface area contributed by atoms with Crippen LogP contribution >= 0.6 is 0 Å². The van der Waals surface area contributed by atoms with Gasteiger partial charge < -0.3 is 68.8 Å². The zero-order chi connectivity index (χ0) is 75.5. The number of rotatable bonds is 19. The van der Waals surface area contributed by atoms with E-state index in [1.54, 1.807) is 14.2 Å². The van der Waals surface area contributed by atoms with Crippen molar-refractivity contribution in [2.45, 2.75) is 191 Å². The molecule has 0 radical (unpaired) electrons. The number of para-hydroxylation sites is 1. The normalized spacial score (nSPS) is 33.0. The molecule has 15 atom stereocenters. The Kier molecular flexibility index (Phi) is 20.8. The van der Waals surface area contributed by atoms with Crippen LogP contribution in [0.4, 0.5) is 21.0 Å². The molecule has 4 aromatic rings. The molecule has 2 amide bonds. The lowest BCUT2D eigenvalue weighted by Gasteiger charge is -2.64. The average Bonchev–Trinajstić information content (AvgIpc) is 1.51. The first-order valence-corrected chi connectivity index (χ1v) is 37.7. The Morgan fingerprint density at radius 1 is 0.692 bits per heavy atom. The van der Waals surface area contributed by atoms with Gasteiger partial charge in [0, 0.05) is 158 Å². The largest absolute Gasteiger partial charge is 0.497 e. The minimum atomic E-state index is -1.89. The molecular formula is C82H118N8O14. The van der Waals surface area contributed by atoms with E-state index in [2.05, 4.69) is 149 Å². The molecule has 2 aliphatic carbocycles. The number of hydrogen-bond donors (Lipinski definition) is 5. The monoisotopic (exact) mass is 1440 g/mol. The summed E-state index contributed by atoms with van der Waals surface area (Å²) < 4.78 is 52.3. The second-order valence-electron chi connectivity index (χ2n) is 32.0. The van der Waals surface area contributed by atoms with Crippen LogP contribution in [0.25, 0.3) is 10.9 Å². The number of aliphatic hydroxyl groups is 2. The number of aromatic amines is 1. The summed E-state index contributed by atoms with van der Waals surface area (Å²) in [4.78, 5) is 83.0. The number of ether oxygens (including phenoxy) is 7. The molecule has 22 heteroatoms. The van der Waals surface area contributed by atoms with E-state index in [0.29, 0.717) is 68.5 Å². The first-order valence-electron chi connectivity index (χ1n) is 38.7. The van der Waals surface area contributed by atoms with Crippen molar-refractivity contribution < 1.29 is 71.7 Å². The predicted molar refractivity (Wildman–Crippen MR) is 405 cm³/mol. The number of aromatic nitrogens is 1. The van der Waals surface area contributed by atoms with Gasteiger partial charge in [0.15, 0.2) is 11.2 Å². The predicted octanol–water partition coefficient (Wildman–Crippen LogP) is 10.8. The molecule has 2 saturated carbocycles. The number of fused-ring (bicyclic) bond motifs is 7. The highest BCUT2D eigenvalue weighted by Crippen LogP contribution is 2.70. The van der Waals surface area contributed by atoms with Crippen molar-refractivity contribution in [3.05, 3.63) is 118 Å². The van der Waals surface area contributed by atoms with Crippen molar-refractivity contribution in [1.82, 2.24) is 30.3 Å². The number of likely N-dealkylation sites (N-methyl/N-ethyl adjacent to an activating group) is 2. The third-order valence-electron chi connectivity index (χ3n) is 25.7. The maximum atomic E-state index is 15.4. The van der Waals surface area contributed by atoms with Crippen LogP contribution in [0.3, 0.4) is 0 Å². The number of anilines is 2. The Hall–Kier alpha value is -7.63. The number of methoxy groups -OCH3 is 3. The van der Waals surface area contributed by atoms with Gasteiger partial charge in [-0.15, -0.1) is 0 Å². The zero-order valence-corrected chi connectivity index (χ0v) is 63.0. The van der Waals surface area contributed by atoms with Crippen LogP contribution in [-0.4, -0.2) is 215 Å². The quantitative estimate of drug-likeness (QED) is 0.0333. The maximum Gasteiger partial charge on any atom is 0.407 e. The molecule has 22 nitrogen and oxygen atoms in total. The highest BCUT2D eigenvalue weighted by Gasteiger charge is 2.80. The summed E-state index contributed by atoms with van der Waals surface area (Å²) in [6.45, 7) is 23.3. The standard InChI is InChI=1S/C51H67N5O8.C30H43N3O6.CH4.2H2/c1-9-33-24-34-27-50(46(58)62-8,42-36(17-22-55(28-33)29-34)35-14-11-12-15-39(35)53-42)38-25-37-40(26-41(38)61-7)54(6)44-49(37)19-23-56-21-13-18-48(10-2,43(49)56)45(64-32(5)57)51(44,60)30-63-47(59)52-20-16-31(3)4;1-7-28-12-8-15-33-16-13-29(24(28)33)22-10-9-21(37-6)17-23(22)32(5)25(29)30(36,26(28)39-20(4)34)18-38-27(35)31-14-11-19(2)3;;;/h11-15,18,24-26,31,34,43-45,53,60H,9-10,16-17,19-23,27-30H2,1-8H3,(H,52,59);8-10,12,17,19,24-26,36H,7,11,13-16,18H2,1-6H3,(H,31,35);1H4;2*1H/t34-,43?,44+,45+,48+,49+,50-,51-;24?,25-,26-,28-,29-,30+;;;/m01.../s1/i;;;1+1D;1+1. The van der Waals surface area contributed by atoms with Crippen molar-refractivity contribution in [3.63, 3.8) is 0 Å². The number of benzene rings is 3. The Morgan fingerprint density at radius 2 is 1.24 bits per heavy atom. The molecule has 104 heavy (non-hydrogen) atoms. The zero-order valence-electron chi connectivity index (χ0n) is 65.0. The molecule has 3 unspecified atom stereocenters. The lowest BCUT2D eigenvalue weighted by Crippen LogP contribution is -2.80. The third-order valence-corrected chi connectivity index (χ3v) is 25.7. The van der Waals surface area contributed by atoms with E-state index in [4.69, 9.17) is 36.1 Å². The molecule has 2 saturated heterocycles. The van der Waals surface area contributed by atoms with Gasteiger partial charge in [-0.25, -0.2) is 9.59 Å². The molecule has 4 fully saturated rings. The second-order valence-corrected chi connectivity index (χ2v) is 32.0. The van der Waals surface area contributed by atoms with Gasteiger partial charge in [-0.2, -0.15) is 0 Å². The van der Waals surface area contributed by atoms with Gasteiger partial charge in [-0.3, -0.25) is 29.1 Å². The SMILES string of the molecule is C.CCC1=C[C@@H]2CN(CCc3c([nH]c4ccccc34)[C@@](C(=O)OC)(c3cc4c(cc3OC)N(C)[C@H]3[C@@](O)(COC(=O)NCCC(C)C)[C@H](OC(C)=O)[C@]5(CC)C=CCN6CC[C@]43C65)C2)C1.CC[C@]12C=CCN3CC[C@@]4(c5ccc(OC)cc5N(C)[C@H]4[C@@](O)(COC(=O)NCCC(C)C)[C@@H]1OC(C)=O)C32.[2HH].[2H][2H]. The van der Waals surface area contributed by atoms with Gasteiger partial charge in [0.05, 0.1) is 33.4 Å². The number of hydrogen-bond acceptors (Lipinski definition) is 19. The van der Waals surface area contributed by atoms with Crippen molar-refractivity contribution in [1.29, 1.82) is 0 Å². The number of nitrogens with one attached hydrogen (secondary N) is 3. The molecule has 570 valence electrons. The highest BCUT2D eigenvalue weighted by molar-refractivity contribution is 5.94. The number of nitrogens with zero attached hydrogens (tertiary/aromatic N) is 5. The summed E-state index contributed by atoms with van der Waals surface area (Å²) in [5.74, 6) is 0.748. The first-order chi connectivity index (χ1) is 50.3. The molecule has 8 aliphatic heterocycles. The number of carbonyl (C=O) groups is 5. The third kappa shape index (κ3) is 11.8. The molecule has 5 N–H and O–H groups in total. The first kappa shape index (κ1) is 74.6. The highest BCUT2D eigenvalue weighted by atomic mass is 16.6. The minimum absolute atomic E-state index is 0. The minimum Gasteiger partial charge on any atom is -0.497 e. The fraction of sp³-hybridized carbons (Fsp3) is 0.622. The fourth-order valence-electron chi connectivity index (χ4n) is 22.0. The smallest absolute Gasteiger partial charge is 0.407 e. The maximum absolute atomic E-state index is 15.4. The number of alkyl carbamates (subject to hydrolysis) is 2. The van der Waals surface area contributed by atoms with Gasteiger partial charge in [0.1, 0.15) is 42.3 Å². The summed E-state index contributed by atoms with van der Waals surface area (Å²) in [6, 6.07) is 17.2. The Balaban J connectivity index is 0.000000244. The van der Waals surface area contributed by atoms with E-state index in [1.165, 1.54) is 26.5 Å². The van der Waals surface area contributed by atoms with Crippen LogP contribution < -0.4 is 29.9 Å². The molecule has 9 heterocycles. The molecule has 14 rings (SSSR count). The molecule has 2 bridgehead atoms. The number of carbonyl (C=O) groups excluding carboxylic acids is 5. The van der Waals surface area contributed by atoms with E-state index in [1.807, 2.05) is 38.4 Å². The van der Waals surface area contributed by atoms with Crippen molar-refractivity contribution >= 4 is 52.4 Å². The summed E-state index contributed by atoms with van der Waals surface area (Å²) in [7, 11) is 8.72.